The molecule has 1 amide bonds. The lowest BCUT2D eigenvalue weighted by molar-refractivity contribution is 0.100. The normalized spacial score (nSPS) is 11.0. The lowest BCUT2D eigenvalue weighted by Crippen LogP contribution is -2.14. The number of hydrogen-bond donors (Lipinski definition) is 2. The van der Waals surface area contributed by atoms with Crippen molar-refractivity contribution in [1.82, 2.24) is 4.57 Å². The molecule has 0 spiro atoms. The highest BCUT2D eigenvalue weighted by atomic mass is 35.5. The van der Waals surface area contributed by atoms with Crippen molar-refractivity contribution in [3.63, 3.8) is 0 Å². The molecule has 3 aromatic rings. The summed E-state index contributed by atoms with van der Waals surface area (Å²) in [6, 6.07) is 12.8. The molecular formula is C18H17ClN2O2. The minimum atomic E-state index is -0.529. The Bertz CT molecular complexity index is 899. The van der Waals surface area contributed by atoms with Gasteiger partial charge in [0.15, 0.2) is 0 Å². The van der Waals surface area contributed by atoms with Crippen LogP contribution in [0.3, 0.4) is 0 Å². The summed E-state index contributed by atoms with van der Waals surface area (Å²) in [6.45, 7) is 2.52. The van der Waals surface area contributed by atoms with Crippen molar-refractivity contribution < 1.29 is 9.90 Å². The summed E-state index contributed by atoms with van der Waals surface area (Å²) >= 11 is 6.06. The van der Waals surface area contributed by atoms with E-state index in [2.05, 4.69) is 0 Å². The van der Waals surface area contributed by atoms with Crippen LogP contribution < -0.4 is 5.73 Å². The summed E-state index contributed by atoms with van der Waals surface area (Å²) in [5, 5.41) is 11.4. The van der Waals surface area contributed by atoms with E-state index in [0.717, 1.165) is 16.8 Å². The molecule has 23 heavy (non-hydrogen) atoms. The van der Waals surface area contributed by atoms with Crippen LogP contribution >= 0.6 is 11.6 Å². The number of phenols is 1. The first-order chi connectivity index (χ1) is 11.0. The number of nitrogens with two attached hydrogens (primary N) is 1. The second-order valence-corrected chi connectivity index (χ2v) is 5.86. The van der Waals surface area contributed by atoms with Crippen LogP contribution in [0.25, 0.3) is 10.9 Å². The van der Waals surface area contributed by atoms with E-state index in [0.29, 0.717) is 28.9 Å². The largest absolute Gasteiger partial charge is 0.507 e. The number of hydrogen-bond acceptors (Lipinski definition) is 2. The van der Waals surface area contributed by atoms with Gasteiger partial charge in [0.2, 0.25) is 0 Å². The van der Waals surface area contributed by atoms with Crippen molar-refractivity contribution in [3.8, 4) is 5.75 Å². The first-order valence-corrected chi connectivity index (χ1v) is 7.78. The maximum absolute atomic E-state index is 11.9. The van der Waals surface area contributed by atoms with Crippen LogP contribution in [0.5, 0.6) is 5.75 Å². The van der Waals surface area contributed by atoms with Crippen LogP contribution in [0.4, 0.5) is 0 Å². The van der Waals surface area contributed by atoms with Crippen LogP contribution in [0, 0.1) is 0 Å². The molecule has 1 heterocycles. The Kier molecular flexibility index (Phi) is 4.01. The minimum absolute atomic E-state index is 0.0656. The molecule has 0 bridgehead atoms. The zero-order valence-corrected chi connectivity index (χ0v) is 13.5. The maximum Gasteiger partial charge on any atom is 0.251 e. The monoisotopic (exact) mass is 328 g/mol. The van der Waals surface area contributed by atoms with Crippen molar-refractivity contribution in [3.05, 3.63) is 64.3 Å². The lowest BCUT2D eigenvalue weighted by atomic mass is 10.1. The van der Waals surface area contributed by atoms with Gasteiger partial charge < -0.3 is 15.4 Å². The predicted octanol–water partition coefficient (Wildman–Crippen LogP) is 3.71. The molecular weight excluding hydrogens is 312 g/mol. The quantitative estimate of drug-likeness (QED) is 0.766. The second-order valence-electron chi connectivity index (χ2n) is 5.43. The van der Waals surface area contributed by atoms with E-state index in [1.165, 1.54) is 0 Å². The van der Waals surface area contributed by atoms with Gasteiger partial charge >= 0.3 is 0 Å². The Morgan fingerprint density at radius 2 is 2.00 bits per heavy atom. The Morgan fingerprint density at radius 3 is 2.65 bits per heavy atom. The number of amides is 1. The number of aromatic nitrogens is 1. The Morgan fingerprint density at radius 1 is 1.26 bits per heavy atom. The fraction of sp³-hybridized carbons (Fsp3) is 0.167. The molecule has 3 N–H and O–H groups in total. The number of primary amides is 1. The van der Waals surface area contributed by atoms with Gasteiger partial charge in [-0.1, -0.05) is 36.7 Å². The molecule has 0 aliphatic rings. The summed E-state index contributed by atoms with van der Waals surface area (Å²) in [6.07, 6.45) is 0.632. The van der Waals surface area contributed by atoms with E-state index in [1.807, 2.05) is 41.8 Å². The third-order valence-electron chi connectivity index (χ3n) is 3.99. The van der Waals surface area contributed by atoms with Crippen LogP contribution in [-0.4, -0.2) is 15.6 Å². The lowest BCUT2D eigenvalue weighted by Gasteiger charge is -2.11. The molecule has 0 atom stereocenters. The fourth-order valence-electron chi connectivity index (χ4n) is 3.07. The Labute approximate surface area is 139 Å². The average molecular weight is 329 g/mol. The molecule has 0 radical (unpaired) electrons. The third-order valence-corrected chi connectivity index (χ3v) is 4.22. The Hall–Kier alpha value is -2.46. The first-order valence-electron chi connectivity index (χ1n) is 7.40. The van der Waals surface area contributed by atoms with Crippen molar-refractivity contribution in [2.75, 3.05) is 0 Å². The molecule has 0 fully saturated rings. The van der Waals surface area contributed by atoms with E-state index < -0.39 is 5.91 Å². The van der Waals surface area contributed by atoms with E-state index in [-0.39, 0.29) is 5.75 Å². The molecule has 3 rings (SSSR count). The van der Waals surface area contributed by atoms with Gasteiger partial charge in [0.1, 0.15) is 5.75 Å². The SMILES string of the molecule is CCc1c(C(N)=O)c2c(O)cccc2n1Cc1cccc(Cl)c1. The molecule has 5 heteroatoms. The molecule has 0 aliphatic carbocycles. The highest BCUT2D eigenvalue weighted by molar-refractivity contribution is 6.30. The van der Waals surface area contributed by atoms with Gasteiger partial charge in [-0.2, -0.15) is 0 Å². The standard InChI is InChI=1S/C18H17ClN2O2/c1-2-13-17(18(20)23)16-14(7-4-8-15(16)22)21(13)10-11-5-3-6-12(19)9-11/h3-9,22H,2,10H2,1H3,(H2,20,23). The van der Waals surface area contributed by atoms with E-state index in [4.69, 9.17) is 17.3 Å². The van der Waals surface area contributed by atoms with Crippen LogP contribution in [0.2, 0.25) is 5.02 Å². The molecule has 0 saturated carbocycles. The summed E-state index contributed by atoms with van der Waals surface area (Å²) < 4.78 is 2.01. The van der Waals surface area contributed by atoms with Gasteiger partial charge in [0, 0.05) is 17.3 Å². The number of rotatable bonds is 4. The van der Waals surface area contributed by atoms with E-state index in [9.17, 15) is 9.90 Å². The van der Waals surface area contributed by atoms with Gasteiger partial charge in [0.05, 0.1) is 16.5 Å². The maximum atomic E-state index is 11.9. The zero-order valence-electron chi connectivity index (χ0n) is 12.7. The number of nitrogens with zero attached hydrogens (tertiary/aromatic N) is 1. The number of phenolic OH excluding ortho intramolecular Hbond substituents is 1. The highest BCUT2D eigenvalue weighted by Gasteiger charge is 2.22. The molecule has 118 valence electrons. The number of halogens is 1. The van der Waals surface area contributed by atoms with Crippen LogP contribution in [-0.2, 0) is 13.0 Å². The van der Waals surface area contributed by atoms with Gasteiger partial charge in [-0.3, -0.25) is 4.79 Å². The van der Waals surface area contributed by atoms with Crippen molar-refractivity contribution in [2.45, 2.75) is 19.9 Å². The Balaban J connectivity index is 2.27. The molecule has 1 aromatic heterocycles. The van der Waals surface area contributed by atoms with Gasteiger partial charge in [-0.05, 0) is 36.2 Å². The number of carbonyl (C=O) groups is 1. The summed E-state index contributed by atoms with van der Waals surface area (Å²) in [5.74, 6) is -0.464. The predicted molar refractivity (Wildman–Crippen MR) is 92.1 cm³/mol. The molecule has 2 aromatic carbocycles. The molecule has 0 aliphatic heterocycles. The van der Waals surface area contributed by atoms with Crippen molar-refractivity contribution in [2.24, 2.45) is 5.73 Å². The molecule has 4 nitrogen and oxygen atoms in total. The number of aromatic hydroxyl groups is 1. The summed E-state index contributed by atoms with van der Waals surface area (Å²) in [7, 11) is 0. The van der Waals surface area contributed by atoms with Gasteiger partial charge in [0.25, 0.3) is 5.91 Å². The van der Waals surface area contributed by atoms with E-state index in [1.54, 1.807) is 12.1 Å². The zero-order chi connectivity index (χ0) is 16.6. The number of benzene rings is 2. The van der Waals surface area contributed by atoms with E-state index >= 15 is 0 Å². The number of carbonyl (C=O) groups excluding carboxylic acids is 1. The van der Waals surface area contributed by atoms with Crippen LogP contribution in [0.15, 0.2) is 42.5 Å². The topological polar surface area (TPSA) is 68.2 Å². The van der Waals surface area contributed by atoms with Gasteiger partial charge in [-0.25, -0.2) is 0 Å². The first kappa shape index (κ1) is 15.4. The highest BCUT2D eigenvalue weighted by Crippen LogP contribution is 2.33. The smallest absolute Gasteiger partial charge is 0.251 e. The van der Waals surface area contributed by atoms with Crippen LogP contribution in [0.1, 0.15) is 28.5 Å². The fourth-order valence-corrected chi connectivity index (χ4v) is 3.28. The van der Waals surface area contributed by atoms with Gasteiger partial charge in [-0.15, -0.1) is 0 Å². The summed E-state index contributed by atoms with van der Waals surface area (Å²) in [4.78, 5) is 11.9. The number of fused-ring (bicyclic) bond motifs is 1. The van der Waals surface area contributed by atoms with Crippen molar-refractivity contribution in [1.29, 1.82) is 0 Å². The third kappa shape index (κ3) is 2.66. The second kappa shape index (κ2) is 5.97. The molecule has 0 saturated heterocycles. The minimum Gasteiger partial charge on any atom is -0.507 e. The molecule has 0 unspecified atom stereocenters. The summed E-state index contributed by atoms with van der Waals surface area (Å²) in [5.41, 5.74) is 8.58. The average Bonchev–Trinajstić information content (AvgIpc) is 2.83. The van der Waals surface area contributed by atoms with Crippen molar-refractivity contribution >= 4 is 28.4 Å².